The molecule has 0 saturated carbocycles. The quantitative estimate of drug-likeness (QED) is 0.771. The monoisotopic (exact) mass is 319 g/mol. The van der Waals surface area contributed by atoms with E-state index < -0.39 is 0 Å². The Kier molecular flexibility index (Phi) is 7.00. The molecule has 1 amide bonds. The van der Waals surface area contributed by atoms with Crippen LogP contribution in [0.4, 0.5) is 0 Å². The summed E-state index contributed by atoms with van der Waals surface area (Å²) in [7, 11) is 0. The number of likely N-dealkylation sites (tertiary alicyclic amines) is 1. The normalized spacial score (nSPS) is 18.4. The van der Waals surface area contributed by atoms with Crippen molar-refractivity contribution in [3.05, 3.63) is 30.1 Å². The Labute approximate surface area is 137 Å². The van der Waals surface area contributed by atoms with Gasteiger partial charge in [-0.15, -0.1) is 0 Å². The highest BCUT2D eigenvalue weighted by Crippen LogP contribution is 2.19. The van der Waals surface area contributed by atoms with Crippen LogP contribution in [0.25, 0.3) is 0 Å². The first-order valence-corrected chi connectivity index (χ1v) is 8.25. The Bertz CT molecular complexity index is 507. The zero-order valence-electron chi connectivity index (χ0n) is 13.7. The summed E-state index contributed by atoms with van der Waals surface area (Å²) in [5.74, 6) is -0.218. The molecule has 6 heteroatoms. The first kappa shape index (κ1) is 17.4. The summed E-state index contributed by atoms with van der Waals surface area (Å²) in [6.45, 7) is 3.80. The SMILES string of the molecule is CCOC(=O)C[C@@H]1CCCCN1CC(=O)NCc1ccccn1. The highest BCUT2D eigenvalue weighted by atomic mass is 16.5. The van der Waals surface area contributed by atoms with Gasteiger partial charge in [-0.3, -0.25) is 19.5 Å². The number of amides is 1. The van der Waals surface area contributed by atoms with Crippen LogP contribution in [0.5, 0.6) is 0 Å². The molecular formula is C17H25N3O3. The number of nitrogens with zero attached hydrogens (tertiary/aromatic N) is 2. The summed E-state index contributed by atoms with van der Waals surface area (Å²) in [4.78, 5) is 30.1. The van der Waals surface area contributed by atoms with Crippen molar-refractivity contribution in [1.29, 1.82) is 0 Å². The topological polar surface area (TPSA) is 71.5 Å². The lowest BCUT2D eigenvalue weighted by atomic mass is 9.99. The molecule has 0 spiro atoms. The number of piperidine rings is 1. The van der Waals surface area contributed by atoms with Crippen LogP contribution >= 0.6 is 0 Å². The van der Waals surface area contributed by atoms with Crippen molar-refractivity contribution in [3.8, 4) is 0 Å². The molecule has 0 bridgehead atoms. The lowest BCUT2D eigenvalue weighted by Crippen LogP contribution is -2.46. The van der Waals surface area contributed by atoms with E-state index in [-0.39, 0.29) is 17.9 Å². The molecule has 1 aromatic rings. The van der Waals surface area contributed by atoms with Gasteiger partial charge in [-0.05, 0) is 38.4 Å². The van der Waals surface area contributed by atoms with Crippen molar-refractivity contribution < 1.29 is 14.3 Å². The molecule has 1 N–H and O–H groups in total. The van der Waals surface area contributed by atoms with E-state index in [9.17, 15) is 9.59 Å². The van der Waals surface area contributed by atoms with Gasteiger partial charge in [0, 0.05) is 12.2 Å². The number of nitrogens with one attached hydrogen (secondary N) is 1. The Morgan fingerprint density at radius 1 is 1.39 bits per heavy atom. The second-order valence-corrected chi connectivity index (χ2v) is 5.73. The zero-order valence-corrected chi connectivity index (χ0v) is 13.7. The van der Waals surface area contributed by atoms with Crippen molar-refractivity contribution in [1.82, 2.24) is 15.2 Å². The third-order valence-corrected chi connectivity index (χ3v) is 4.00. The molecule has 1 aromatic heterocycles. The van der Waals surface area contributed by atoms with Crippen molar-refractivity contribution in [2.75, 3.05) is 19.7 Å². The molecule has 0 aliphatic carbocycles. The van der Waals surface area contributed by atoms with E-state index in [1.165, 1.54) is 0 Å². The largest absolute Gasteiger partial charge is 0.466 e. The molecule has 1 saturated heterocycles. The maximum absolute atomic E-state index is 12.1. The first-order valence-electron chi connectivity index (χ1n) is 8.25. The third-order valence-electron chi connectivity index (χ3n) is 4.00. The van der Waals surface area contributed by atoms with E-state index in [1.807, 2.05) is 25.1 Å². The van der Waals surface area contributed by atoms with Crippen LogP contribution in [-0.4, -0.2) is 47.5 Å². The molecule has 1 aliphatic rings. The summed E-state index contributed by atoms with van der Waals surface area (Å²) < 4.78 is 5.03. The molecule has 2 rings (SSSR count). The minimum absolute atomic E-state index is 0.0357. The molecule has 2 heterocycles. The smallest absolute Gasteiger partial charge is 0.307 e. The molecule has 6 nitrogen and oxygen atoms in total. The Hall–Kier alpha value is -1.95. The molecule has 1 atom stereocenters. The standard InChI is InChI=1S/C17H25N3O3/c1-2-23-17(22)11-15-8-4-6-10-20(15)13-16(21)19-12-14-7-3-5-9-18-14/h3,5,7,9,15H,2,4,6,8,10-13H2,1H3,(H,19,21)/t15-/m0/s1. The van der Waals surface area contributed by atoms with Gasteiger partial charge in [-0.1, -0.05) is 12.5 Å². The van der Waals surface area contributed by atoms with Crippen LogP contribution in [0.1, 0.15) is 38.3 Å². The lowest BCUT2D eigenvalue weighted by molar-refractivity contribution is -0.145. The van der Waals surface area contributed by atoms with Gasteiger partial charge in [-0.2, -0.15) is 0 Å². The van der Waals surface area contributed by atoms with Gasteiger partial charge in [0.2, 0.25) is 5.91 Å². The van der Waals surface area contributed by atoms with Crippen molar-refractivity contribution >= 4 is 11.9 Å². The molecule has 1 fully saturated rings. The average molecular weight is 319 g/mol. The Morgan fingerprint density at radius 3 is 3.00 bits per heavy atom. The highest BCUT2D eigenvalue weighted by Gasteiger charge is 2.26. The molecule has 0 unspecified atom stereocenters. The Balaban J connectivity index is 1.80. The predicted molar refractivity (Wildman–Crippen MR) is 86.5 cm³/mol. The number of ether oxygens (including phenoxy) is 1. The number of aromatic nitrogens is 1. The number of pyridine rings is 1. The molecule has 0 aromatic carbocycles. The van der Waals surface area contributed by atoms with E-state index >= 15 is 0 Å². The van der Waals surface area contributed by atoms with Crippen molar-refractivity contribution in [2.45, 2.75) is 45.2 Å². The van der Waals surface area contributed by atoms with E-state index in [2.05, 4.69) is 15.2 Å². The van der Waals surface area contributed by atoms with Crippen LogP contribution in [0, 0.1) is 0 Å². The van der Waals surface area contributed by atoms with E-state index in [0.29, 0.717) is 26.1 Å². The summed E-state index contributed by atoms with van der Waals surface area (Å²) in [6.07, 6.45) is 5.16. The van der Waals surface area contributed by atoms with Gasteiger partial charge in [0.1, 0.15) is 0 Å². The summed E-state index contributed by atoms with van der Waals surface area (Å²) in [5, 5.41) is 2.89. The number of rotatable bonds is 7. The van der Waals surface area contributed by atoms with Crippen LogP contribution in [0.15, 0.2) is 24.4 Å². The van der Waals surface area contributed by atoms with Crippen LogP contribution in [0.3, 0.4) is 0 Å². The van der Waals surface area contributed by atoms with Gasteiger partial charge in [0.15, 0.2) is 0 Å². The number of hydrogen-bond acceptors (Lipinski definition) is 5. The van der Waals surface area contributed by atoms with Crippen LogP contribution < -0.4 is 5.32 Å². The van der Waals surface area contributed by atoms with Crippen molar-refractivity contribution in [2.24, 2.45) is 0 Å². The van der Waals surface area contributed by atoms with Gasteiger partial charge in [0.25, 0.3) is 0 Å². The minimum Gasteiger partial charge on any atom is -0.466 e. The fraction of sp³-hybridized carbons (Fsp3) is 0.588. The minimum atomic E-state index is -0.182. The van der Waals surface area contributed by atoms with Gasteiger partial charge in [0.05, 0.1) is 31.8 Å². The second-order valence-electron chi connectivity index (χ2n) is 5.73. The number of hydrogen-bond donors (Lipinski definition) is 1. The fourth-order valence-electron chi connectivity index (χ4n) is 2.84. The van der Waals surface area contributed by atoms with Crippen LogP contribution in [-0.2, 0) is 20.9 Å². The number of carbonyl (C=O) groups is 2. The number of esters is 1. The summed E-state index contributed by atoms with van der Waals surface area (Å²) in [6, 6.07) is 5.72. The summed E-state index contributed by atoms with van der Waals surface area (Å²) >= 11 is 0. The summed E-state index contributed by atoms with van der Waals surface area (Å²) in [5.41, 5.74) is 0.836. The van der Waals surface area contributed by atoms with E-state index in [0.717, 1.165) is 31.5 Å². The highest BCUT2D eigenvalue weighted by molar-refractivity contribution is 5.78. The molecule has 0 radical (unpaired) electrons. The lowest BCUT2D eigenvalue weighted by Gasteiger charge is -2.34. The van der Waals surface area contributed by atoms with Gasteiger partial charge < -0.3 is 10.1 Å². The molecule has 23 heavy (non-hydrogen) atoms. The van der Waals surface area contributed by atoms with E-state index in [1.54, 1.807) is 6.20 Å². The molecule has 126 valence electrons. The predicted octanol–water partition coefficient (Wildman–Crippen LogP) is 1.51. The maximum Gasteiger partial charge on any atom is 0.307 e. The number of carbonyl (C=O) groups excluding carboxylic acids is 2. The van der Waals surface area contributed by atoms with Crippen molar-refractivity contribution in [3.63, 3.8) is 0 Å². The molecular weight excluding hydrogens is 294 g/mol. The Morgan fingerprint density at radius 2 is 2.26 bits per heavy atom. The zero-order chi connectivity index (χ0) is 16.5. The molecule has 1 aliphatic heterocycles. The average Bonchev–Trinajstić information content (AvgIpc) is 2.56. The third kappa shape index (κ3) is 5.98. The second kappa shape index (κ2) is 9.25. The van der Waals surface area contributed by atoms with Gasteiger partial charge in [-0.25, -0.2) is 0 Å². The van der Waals surface area contributed by atoms with Crippen LogP contribution in [0.2, 0.25) is 0 Å². The van der Waals surface area contributed by atoms with E-state index in [4.69, 9.17) is 4.74 Å². The fourth-order valence-corrected chi connectivity index (χ4v) is 2.84. The first-order chi connectivity index (χ1) is 11.2. The van der Waals surface area contributed by atoms with Gasteiger partial charge >= 0.3 is 5.97 Å². The maximum atomic E-state index is 12.1.